The zero-order valence-electron chi connectivity index (χ0n) is 27.1. The number of aromatic nitrogens is 4. The normalized spacial score (nSPS) is 24.0. The van der Waals surface area contributed by atoms with Crippen LogP contribution >= 0.6 is 8.17 Å². The summed E-state index contributed by atoms with van der Waals surface area (Å²) in [5.74, 6) is -0.389. The highest BCUT2D eigenvalue weighted by atomic mass is 31.1. The Hall–Kier alpha value is -4.14. The van der Waals surface area contributed by atoms with Gasteiger partial charge in [0.2, 0.25) is 17.6 Å². The Balaban J connectivity index is 1.24. The number of carbonyl (C=O) groups excluding carboxylic acids is 1. The number of esters is 1. The van der Waals surface area contributed by atoms with E-state index in [-0.39, 0.29) is 47.6 Å². The number of nitrogens with two attached hydrogens (primary N) is 1. The summed E-state index contributed by atoms with van der Waals surface area (Å²) in [5, 5.41) is 24.0. The van der Waals surface area contributed by atoms with Gasteiger partial charge in [0.1, 0.15) is 30.5 Å². The summed E-state index contributed by atoms with van der Waals surface area (Å²) < 4.78 is 34.8. The Morgan fingerprint density at radius 2 is 1.98 bits per heavy atom. The minimum atomic E-state index is -2.74. The first-order valence-electron chi connectivity index (χ1n) is 15.8. The van der Waals surface area contributed by atoms with Crippen molar-refractivity contribution in [2.75, 3.05) is 19.5 Å². The molecule has 1 saturated carbocycles. The van der Waals surface area contributed by atoms with Gasteiger partial charge in [-0.05, 0) is 50.0 Å². The van der Waals surface area contributed by atoms with E-state index < -0.39 is 44.2 Å². The minimum absolute atomic E-state index is 0.0708. The van der Waals surface area contributed by atoms with E-state index in [2.05, 4.69) is 19.7 Å². The lowest BCUT2D eigenvalue weighted by Crippen LogP contribution is -2.44. The fourth-order valence-corrected chi connectivity index (χ4v) is 7.05. The summed E-state index contributed by atoms with van der Waals surface area (Å²) in [4.78, 5) is 38.9. The molecule has 0 radical (unpaired) electrons. The van der Waals surface area contributed by atoms with Gasteiger partial charge in [0.15, 0.2) is 29.2 Å². The SMILES string of the molecule is COc1nc(N)nc2c1ncn2[C@@H]1O[C@H](COc2ccc3ccccc3c2O[P+]([O-])=N[C@H](C(=O)OC2CCCC2)C(C)C)[C@@H](O)[C@@]1(C)O. The highest BCUT2D eigenvalue weighted by Crippen LogP contribution is 2.43. The molecule has 1 aliphatic heterocycles. The smallest absolute Gasteiger partial charge is 0.395 e. The molecule has 4 aromatic rings. The number of benzene rings is 2. The zero-order chi connectivity index (χ0) is 34.2. The molecule has 6 rings (SSSR count). The van der Waals surface area contributed by atoms with E-state index in [0.29, 0.717) is 10.9 Å². The molecular formula is C32H39N6O9P. The predicted octanol–water partition coefficient (Wildman–Crippen LogP) is 3.40. The van der Waals surface area contributed by atoms with Crippen molar-refractivity contribution in [2.24, 2.45) is 10.7 Å². The fourth-order valence-electron chi connectivity index (χ4n) is 6.10. The maximum atomic E-state index is 13.4. The van der Waals surface area contributed by atoms with Crippen LogP contribution in [0.4, 0.5) is 5.95 Å². The van der Waals surface area contributed by atoms with E-state index >= 15 is 0 Å². The number of aliphatic hydroxyl groups is 2. The number of methoxy groups -OCH3 is 1. The Bertz CT molecular complexity index is 1830. The first-order chi connectivity index (χ1) is 23.0. The summed E-state index contributed by atoms with van der Waals surface area (Å²) in [6.45, 7) is 4.81. The number of imidazole rings is 1. The van der Waals surface area contributed by atoms with Crippen LogP contribution in [0.15, 0.2) is 47.5 Å². The first kappa shape index (κ1) is 33.7. The highest BCUT2D eigenvalue weighted by Gasteiger charge is 2.54. The molecule has 4 N–H and O–H groups in total. The summed E-state index contributed by atoms with van der Waals surface area (Å²) in [7, 11) is -1.32. The Labute approximate surface area is 277 Å². The number of fused-ring (bicyclic) bond motifs is 2. The van der Waals surface area contributed by atoms with Gasteiger partial charge in [-0.3, -0.25) is 9.09 Å². The number of rotatable bonds is 11. The van der Waals surface area contributed by atoms with E-state index in [1.54, 1.807) is 38.1 Å². The number of hydrogen-bond acceptors (Lipinski definition) is 14. The van der Waals surface area contributed by atoms with Crippen molar-refractivity contribution in [1.29, 1.82) is 0 Å². The number of ether oxygens (including phenoxy) is 4. The van der Waals surface area contributed by atoms with Gasteiger partial charge in [-0.25, -0.2) is 9.78 Å². The van der Waals surface area contributed by atoms with Crippen LogP contribution in [0, 0.1) is 5.92 Å². The van der Waals surface area contributed by atoms with E-state index in [9.17, 15) is 19.9 Å². The molecule has 16 heteroatoms. The van der Waals surface area contributed by atoms with E-state index in [0.717, 1.165) is 31.1 Å². The van der Waals surface area contributed by atoms with Crippen LogP contribution in [0.2, 0.25) is 0 Å². The van der Waals surface area contributed by atoms with Crippen molar-refractivity contribution in [1.82, 2.24) is 19.5 Å². The largest absolute Gasteiger partial charge is 0.575 e. The molecule has 1 saturated heterocycles. The molecule has 3 heterocycles. The van der Waals surface area contributed by atoms with Crippen LogP contribution < -0.4 is 24.6 Å². The van der Waals surface area contributed by atoms with Crippen LogP contribution in [0.1, 0.15) is 52.7 Å². The van der Waals surface area contributed by atoms with E-state index in [1.807, 2.05) is 12.1 Å². The van der Waals surface area contributed by atoms with Crippen molar-refractivity contribution in [3.8, 4) is 17.4 Å². The van der Waals surface area contributed by atoms with Gasteiger partial charge in [0, 0.05) is 5.39 Å². The van der Waals surface area contributed by atoms with Crippen molar-refractivity contribution in [2.45, 2.75) is 82.6 Å². The molecule has 2 aromatic carbocycles. The number of carbonyl (C=O) groups is 1. The Morgan fingerprint density at radius 3 is 2.71 bits per heavy atom. The van der Waals surface area contributed by atoms with Crippen molar-refractivity contribution >= 4 is 42.0 Å². The minimum Gasteiger partial charge on any atom is -0.575 e. The zero-order valence-corrected chi connectivity index (χ0v) is 27.9. The second kappa shape index (κ2) is 13.8. The number of aliphatic hydroxyl groups excluding tert-OH is 1. The molecular weight excluding hydrogens is 643 g/mol. The predicted molar refractivity (Wildman–Crippen MR) is 173 cm³/mol. The van der Waals surface area contributed by atoms with Crippen LogP contribution in [-0.4, -0.2) is 79.4 Å². The average molecular weight is 683 g/mol. The summed E-state index contributed by atoms with van der Waals surface area (Å²) in [6, 6.07) is 9.75. The number of nitrogen functional groups attached to an aromatic ring is 1. The van der Waals surface area contributed by atoms with E-state index in [1.165, 1.54) is 24.9 Å². The maximum absolute atomic E-state index is 13.4. The maximum Gasteiger partial charge on any atom is 0.395 e. The average Bonchev–Trinajstić information content (AvgIpc) is 3.78. The molecule has 1 aliphatic carbocycles. The quantitative estimate of drug-likeness (QED) is 0.153. The van der Waals surface area contributed by atoms with Gasteiger partial charge >= 0.3 is 14.1 Å². The lowest BCUT2D eigenvalue weighted by molar-refractivity contribution is -0.170. The fraction of sp³-hybridized carbons (Fsp3) is 0.500. The molecule has 48 heavy (non-hydrogen) atoms. The van der Waals surface area contributed by atoms with Gasteiger partial charge in [-0.2, -0.15) is 9.97 Å². The second-order valence-corrected chi connectivity index (χ2v) is 13.4. The van der Waals surface area contributed by atoms with Gasteiger partial charge < -0.3 is 39.8 Å². The van der Waals surface area contributed by atoms with Crippen molar-refractivity contribution in [3.63, 3.8) is 0 Å². The number of nitrogens with zero attached hydrogens (tertiary/aromatic N) is 5. The molecule has 0 amide bonds. The third-order valence-corrected chi connectivity index (χ3v) is 9.48. The van der Waals surface area contributed by atoms with Crippen molar-refractivity contribution < 1.29 is 43.4 Å². The number of anilines is 1. The molecule has 2 aromatic heterocycles. The molecule has 1 unspecified atom stereocenters. The van der Waals surface area contributed by atoms with E-state index in [4.69, 9.17) is 29.2 Å². The summed E-state index contributed by atoms with van der Waals surface area (Å²) in [5.41, 5.74) is 4.59. The Kier molecular flexibility index (Phi) is 9.68. The van der Waals surface area contributed by atoms with Crippen LogP contribution in [0.5, 0.6) is 17.4 Å². The lowest BCUT2D eigenvalue weighted by atomic mass is 9.96. The van der Waals surface area contributed by atoms with Gasteiger partial charge in [0.25, 0.3) is 0 Å². The monoisotopic (exact) mass is 682 g/mol. The molecule has 2 aliphatic rings. The van der Waals surface area contributed by atoms with Gasteiger partial charge in [-0.1, -0.05) is 48.9 Å². The van der Waals surface area contributed by atoms with Crippen molar-refractivity contribution in [3.05, 3.63) is 42.7 Å². The molecule has 6 atom stereocenters. The summed E-state index contributed by atoms with van der Waals surface area (Å²) in [6.07, 6.45) is 1.28. The Morgan fingerprint density at radius 1 is 1.23 bits per heavy atom. The van der Waals surface area contributed by atoms with Gasteiger partial charge in [0.05, 0.1) is 13.4 Å². The molecule has 256 valence electrons. The third-order valence-electron chi connectivity index (χ3n) is 8.70. The molecule has 2 fully saturated rings. The first-order valence-corrected chi connectivity index (χ1v) is 16.9. The highest BCUT2D eigenvalue weighted by molar-refractivity contribution is 7.34. The molecule has 15 nitrogen and oxygen atoms in total. The van der Waals surface area contributed by atoms with Gasteiger partial charge in [-0.15, -0.1) is 0 Å². The van der Waals surface area contributed by atoms with Crippen LogP contribution in [0.25, 0.3) is 21.9 Å². The number of hydrogen-bond donors (Lipinski definition) is 3. The standard InChI is InChI=1S/C32H39N6O9P/c1-17(2)23(29(40)45-19-10-6-7-11-19)37-48(42)47-25-20-12-8-5-9-18(20)13-14-21(25)44-15-22-26(39)32(3,41)30(46-22)38-16-34-24-27(38)35-31(33)36-28(24)43-4/h5,8-9,12-14,16-17,19,22-23,26,30,39,41H,6-7,10-11,15H2,1-4H3,(H2,33,35,36)/t22-,23+,26-,30-,32-/m1/s1. The molecule has 0 bridgehead atoms. The molecule has 0 spiro atoms. The lowest BCUT2D eigenvalue weighted by Gasteiger charge is -2.27. The second-order valence-electron chi connectivity index (χ2n) is 12.5. The third kappa shape index (κ3) is 6.61. The summed E-state index contributed by atoms with van der Waals surface area (Å²) >= 11 is 0. The topological polar surface area (TPSA) is 209 Å². The van der Waals surface area contributed by atoms with Crippen LogP contribution in [0.3, 0.4) is 0 Å². The van der Waals surface area contributed by atoms with Crippen LogP contribution in [-0.2, 0) is 14.3 Å².